The molecule has 28 heavy (non-hydrogen) atoms. The van der Waals surface area contributed by atoms with Crippen LogP contribution in [0.25, 0.3) is 16.9 Å². The normalized spacial score (nSPS) is 10.6. The molecule has 0 aliphatic heterocycles. The molecule has 1 aromatic heterocycles. The van der Waals surface area contributed by atoms with E-state index in [1.54, 1.807) is 10.7 Å². The SMILES string of the molecule is Cc1ccccc1-n1nc(C(=O)O)cc1-c1ccc(Oc2ccccc2)cc1. The van der Waals surface area contributed by atoms with Gasteiger partial charge in [-0.25, -0.2) is 9.48 Å². The summed E-state index contributed by atoms with van der Waals surface area (Å²) in [7, 11) is 0. The van der Waals surface area contributed by atoms with Gasteiger partial charge in [0.1, 0.15) is 11.5 Å². The Kier molecular flexibility index (Phi) is 4.64. The zero-order valence-electron chi connectivity index (χ0n) is 15.2. The van der Waals surface area contributed by atoms with E-state index in [2.05, 4.69) is 5.10 Å². The van der Waals surface area contributed by atoms with Crippen molar-refractivity contribution >= 4 is 5.97 Å². The van der Waals surface area contributed by atoms with Crippen LogP contribution in [0.1, 0.15) is 16.1 Å². The van der Waals surface area contributed by atoms with Crippen LogP contribution in [0, 0.1) is 6.92 Å². The molecule has 3 aromatic carbocycles. The van der Waals surface area contributed by atoms with Crippen molar-refractivity contribution in [3.05, 3.63) is 96.2 Å². The minimum atomic E-state index is -1.06. The summed E-state index contributed by atoms with van der Waals surface area (Å²) in [6.45, 7) is 1.97. The summed E-state index contributed by atoms with van der Waals surface area (Å²) in [6, 6.07) is 26.4. The maximum absolute atomic E-state index is 11.5. The van der Waals surface area contributed by atoms with Crippen molar-refractivity contribution in [1.82, 2.24) is 9.78 Å². The Bertz CT molecular complexity index is 1120. The third kappa shape index (κ3) is 3.50. The van der Waals surface area contributed by atoms with Gasteiger partial charge in [-0.3, -0.25) is 0 Å². The zero-order chi connectivity index (χ0) is 19.5. The topological polar surface area (TPSA) is 64.4 Å². The van der Waals surface area contributed by atoms with Gasteiger partial charge in [0, 0.05) is 5.56 Å². The molecular weight excluding hydrogens is 352 g/mol. The molecule has 0 radical (unpaired) electrons. The molecule has 1 heterocycles. The Balaban J connectivity index is 1.72. The van der Waals surface area contributed by atoms with Crippen molar-refractivity contribution in [1.29, 1.82) is 0 Å². The molecule has 0 saturated carbocycles. The third-order valence-corrected chi connectivity index (χ3v) is 4.40. The van der Waals surface area contributed by atoms with Crippen LogP contribution >= 0.6 is 0 Å². The highest BCUT2D eigenvalue weighted by Gasteiger charge is 2.17. The van der Waals surface area contributed by atoms with Gasteiger partial charge in [-0.05, 0) is 61.0 Å². The van der Waals surface area contributed by atoms with Crippen molar-refractivity contribution in [2.24, 2.45) is 0 Å². The van der Waals surface area contributed by atoms with Crippen LogP contribution in [0.2, 0.25) is 0 Å². The number of aryl methyl sites for hydroxylation is 1. The van der Waals surface area contributed by atoms with Gasteiger partial charge >= 0.3 is 5.97 Å². The average molecular weight is 370 g/mol. The lowest BCUT2D eigenvalue weighted by Gasteiger charge is -2.11. The maximum Gasteiger partial charge on any atom is 0.356 e. The van der Waals surface area contributed by atoms with Gasteiger partial charge in [-0.15, -0.1) is 0 Å². The summed E-state index contributed by atoms with van der Waals surface area (Å²) in [5.74, 6) is 0.404. The first-order valence-electron chi connectivity index (χ1n) is 8.84. The van der Waals surface area contributed by atoms with E-state index < -0.39 is 5.97 Å². The zero-order valence-corrected chi connectivity index (χ0v) is 15.2. The van der Waals surface area contributed by atoms with Gasteiger partial charge in [0.15, 0.2) is 5.69 Å². The number of carboxylic acid groups (broad SMARTS) is 1. The molecule has 0 spiro atoms. The monoisotopic (exact) mass is 370 g/mol. The van der Waals surface area contributed by atoms with Crippen molar-refractivity contribution in [2.45, 2.75) is 6.92 Å². The fourth-order valence-corrected chi connectivity index (χ4v) is 2.99. The summed E-state index contributed by atoms with van der Waals surface area (Å²) in [4.78, 5) is 11.5. The number of carbonyl (C=O) groups is 1. The highest BCUT2D eigenvalue weighted by Crippen LogP contribution is 2.29. The molecule has 1 N–H and O–H groups in total. The molecule has 0 bridgehead atoms. The van der Waals surface area contributed by atoms with Gasteiger partial charge < -0.3 is 9.84 Å². The van der Waals surface area contributed by atoms with Gasteiger partial charge in [-0.1, -0.05) is 36.4 Å². The van der Waals surface area contributed by atoms with Gasteiger partial charge in [0.25, 0.3) is 0 Å². The molecule has 0 aliphatic carbocycles. The van der Waals surface area contributed by atoms with Crippen LogP contribution < -0.4 is 4.74 Å². The molecule has 4 aromatic rings. The van der Waals surface area contributed by atoms with Crippen LogP contribution in [0.5, 0.6) is 11.5 Å². The van der Waals surface area contributed by atoms with Crippen molar-refractivity contribution in [3.63, 3.8) is 0 Å². The van der Waals surface area contributed by atoms with Crippen molar-refractivity contribution in [2.75, 3.05) is 0 Å². The number of ether oxygens (including phenoxy) is 1. The first-order chi connectivity index (χ1) is 13.6. The van der Waals surface area contributed by atoms with E-state index in [4.69, 9.17) is 4.74 Å². The number of nitrogens with zero attached hydrogens (tertiary/aromatic N) is 2. The fourth-order valence-electron chi connectivity index (χ4n) is 2.99. The second-order valence-corrected chi connectivity index (χ2v) is 6.36. The Morgan fingerprint density at radius 2 is 1.54 bits per heavy atom. The predicted molar refractivity (Wildman–Crippen MR) is 107 cm³/mol. The highest BCUT2D eigenvalue weighted by molar-refractivity contribution is 5.87. The summed E-state index contributed by atoms with van der Waals surface area (Å²) < 4.78 is 7.50. The van der Waals surface area contributed by atoms with Crippen molar-refractivity contribution in [3.8, 4) is 28.4 Å². The summed E-state index contributed by atoms with van der Waals surface area (Å²) in [5.41, 5.74) is 3.41. The minimum Gasteiger partial charge on any atom is -0.476 e. The number of rotatable bonds is 5. The number of carboxylic acids is 1. The molecule has 0 unspecified atom stereocenters. The van der Waals surface area contributed by atoms with E-state index in [9.17, 15) is 9.90 Å². The molecule has 5 nitrogen and oxygen atoms in total. The number of hydrogen-bond acceptors (Lipinski definition) is 3. The first kappa shape index (κ1) is 17.5. The number of para-hydroxylation sites is 2. The summed E-state index contributed by atoms with van der Waals surface area (Å²) in [5, 5.41) is 13.7. The van der Waals surface area contributed by atoms with Gasteiger partial charge in [0.05, 0.1) is 11.4 Å². The molecule has 5 heteroatoms. The summed E-state index contributed by atoms with van der Waals surface area (Å²) in [6.07, 6.45) is 0. The Morgan fingerprint density at radius 3 is 2.21 bits per heavy atom. The van der Waals surface area contributed by atoms with Crippen LogP contribution in [-0.2, 0) is 0 Å². The molecular formula is C23H18N2O3. The largest absolute Gasteiger partial charge is 0.476 e. The smallest absolute Gasteiger partial charge is 0.356 e. The van der Waals surface area contributed by atoms with Crippen LogP contribution in [0.4, 0.5) is 0 Å². The van der Waals surface area contributed by atoms with Crippen LogP contribution in [-0.4, -0.2) is 20.9 Å². The Hall–Kier alpha value is -3.86. The lowest BCUT2D eigenvalue weighted by Crippen LogP contribution is -2.03. The van der Waals surface area contributed by atoms with E-state index in [0.29, 0.717) is 11.4 Å². The van der Waals surface area contributed by atoms with E-state index in [-0.39, 0.29) is 5.69 Å². The van der Waals surface area contributed by atoms with Gasteiger partial charge in [-0.2, -0.15) is 5.10 Å². The van der Waals surface area contributed by atoms with Gasteiger partial charge in [0.2, 0.25) is 0 Å². The molecule has 0 aliphatic rings. The highest BCUT2D eigenvalue weighted by atomic mass is 16.5. The quantitative estimate of drug-likeness (QED) is 0.515. The third-order valence-electron chi connectivity index (χ3n) is 4.40. The Labute approximate surface area is 162 Å². The van der Waals surface area contributed by atoms with E-state index in [1.165, 1.54) is 0 Å². The second kappa shape index (κ2) is 7.40. The number of benzene rings is 3. The first-order valence-corrected chi connectivity index (χ1v) is 8.84. The molecule has 0 fully saturated rings. The standard InChI is InChI=1S/C23H18N2O3/c1-16-7-5-6-10-21(16)25-22(15-20(24-25)23(26)27)17-11-13-19(14-12-17)28-18-8-3-2-4-9-18/h2-15H,1H3,(H,26,27). The molecule has 0 atom stereocenters. The lowest BCUT2D eigenvalue weighted by atomic mass is 10.1. The lowest BCUT2D eigenvalue weighted by molar-refractivity contribution is 0.0690. The van der Waals surface area contributed by atoms with Crippen LogP contribution in [0.15, 0.2) is 84.9 Å². The molecule has 138 valence electrons. The van der Waals surface area contributed by atoms with Crippen LogP contribution in [0.3, 0.4) is 0 Å². The fraction of sp³-hybridized carbons (Fsp3) is 0.0435. The maximum atomic E-state index is 11.5. The number of hydrogen-bond donors (Lipinski definition) is 1. The van der Waals surface area contributed by atoms with E-state index in [0.717, 1.165) is 22.6 Å². The molecule has 0 saturated heterocycles. The summed E-state index contributed by atoms with van der Waals surface area (Å²) >= 11 is 0. The predicted octanol–water partition coefficient (Wildman–Crippen LogP) is 5.34. The van der Waals surface area contributed by atoms with E-state index in [1.807, 2.05) is 85.8 Å². The average Bonchev–Trinajstić information content (AvgIpc) is 3.15. The number of aromatic nitrogens is 2. The molecule has 0 amide bonds. The Morgan fingerprint density at radius 1 is 0.893 bits per heavy atom. The molecule has 4 rings (SSSR count). The van der Waals surface area contributed by atoms with Crippen molar-refractivity contribution < 1.29 is 14.6 Å². The second-order valence-electron chi connectivity index (χ2n) is 6.36. The van der Waals surface area contributed by atoms with E-state index >= 15 is 0 Å². The number of aromatic carboxylic acids is 1. The minimum absolute atomic E-state index is 0.00265.